The topological polar surface area (TPSA) is 74.2 Å². The number of aryl methyl sites for hydroxylation is 2. The second-order valence-electron chi connectivity index (χ2n) is 6.96. The van der Waals surface area contributed by atoms with Gasteiger partial charge in [0.2, 0.25) is 0 Å². The quantitative estimate of drug-likeness (QED) is 0.340. The summed E-state index contributed by atoms with van der Waals surface area (Å²) >= 11 is 0. The van der Waals surface area contributed by atoms with E-state index in [1.54, 1.807) is 7.05 Å². The Labute approximate surface area is 177 Å². The Hall–Kier alpha value is -3.54. The molecule has 0 atom stereocenters. The summed E-state index contributed by atoms with van der Waals surface area (Å²) in [6.07, 6.45) is 3.52. The van der Waals surface area contributed by atoms with Crippen LogP contribution >= 0.6 is 0 Å². The van der Waals surface area contributed by atoms with Crippen LogP contribution in [0.5, 0.6) is 0 Å². The van der Waals surface area contributed by atoms with Crippen molar-refractivity contribution in [1.29, 1.82) is 0 Å². The highest BCUT2D eigenvalue weighted by Crippen LogP contribution is 2.27. The summed E-state index contributed by atoms with van der Waals surface area (Å²) in [5, 5.41) is 25.1. The predicted octanol–water partition coefficient (Wildman–Crippen LogP) is 8.88. The van der Waals surface area contributed by atoms with E-state index in [-0.39, 0.29) is 0 Å². The van der Waals surface area contributed by atoms with E-state index < -0.39 is 0 Å². The zero-order chi connectivity index (χ0) is 21.2. The van der Waals surface area contributed by atoms with Crippen molar-refractivity contribution in [3.8, 4) is 0 Å². The van der Waals surface area contributed by atoms with Crippen LogP contribution < -0.4 is 0 Å². The highest BCUT2D eigenvalue weighted by molar-refractivity contribution is 5.54. The average Bonchev–Trinajstić information content (AvgIpc) is 2.77. The standard InChI is InChI=1S/C24H26N6/c1-4-5-6-19-7-9-20(10-8-19)27-28-21-11-13-22(14-12-21)29-30-24-16-15-23(26-25-3)17-18(24)2/h7-17H,4-6H2,1-3H3. The first-order valence-corrected chi connectivity index (χ1v) is 10.1. The zero-order valence-corrected chi connectivity index (χ0v) is 17.7. The van der Waals surface area contributed by atoms with E-state index in [1.165, 1.54) is 18.4 Å². The van der Waals surface area contributed by atoms with Gasteiger partial charge < -0.3 is 0 Å². The minimum atomic E-state index is 0.756. The Morgan fingerprint density at radius 1 is 0.633 bits per heavy atom. The number of nitrogens with zero attached hydrogens (tertiary/aromatic N) is 6. The zero-order valence-electron chi connectivity index (χ0n) is 17.7. The monoisotopic (exact) mass is 398 g/mol. The summed E-state index contributed by atoms with van der Waals surface area (Å²) in [5.41, 5.74) is 6.32. The number of hydrogen-bond acceptors (Lipinski definition) is 6. The molecule has 152 valence electrons. The van der Waals surface area contributed by atoms with Gasteiger partial charge in [0.1, 0.15) is 0 Å². The second-order valence-corrected chi connectivity index (χ2v) is 6.96. The van der Waals surface area contributed by atoms with Gasteiger partial charge in [0.05, 0.1) is 28.4 Å². The summed E-state index contributed by atoms with van der Waals surface area (Å²) in [5.74, 6) is 0. The summed E-state index contributed by atoms with van der Waals surface area (Å²) in [6.45, 7) is 4.18. The number of hydrogen-bond donors (Lipinski definition) is 0. The first-order valence-electron chi connectivity index (χ1n) is 10.1. The molecule has 3 rings (SSSR count). The molecule has 6 nitrogen and oxygen atoms in total. The lowest BCUT2D eigenvalue weighted by molar-refractivity contribution is 0.795. The third kappa shape index (κ3) is 6.24. The minimum absolute atomic E-state index is 0.756. The molecule has 0 fully saturated rings. The highest BCUT2D eigenvalue weighted by atomic mass is 15.1. The third-order valence-corrected chi connectivity index (χ3v) is 4.56. The van der Waals surface area contributed by atoms with Crippen LogP contribution in [0.2, 0.25) is 0 Å². The first-order chi connectivity index (χ1) is 14.7. The number of unbranched alkanes of at least 4 members (excludes halogenated alkanes) is 1. The molecule has 0 aliphatic carbocycles. The maximum absolute atomic E-state index is 4.33. The summed E-state index contributed by atoms with van der Waals surface area (Å²) < 4.78 is 0. The fourth-order valence-electron chi connectivity index (χ4n) is 2.85. The molecule has 0 bridgehead atoms. The van der Waals surface area contributed by atoms with Crippen molar-refractivity contribution < 1.29 is 0 Å². The van der Waals surface area contributed by atoms with Gasteiger partial charge in [0.25, 0.3) is 0 Å². The molecular weight excluding hydrogens is 372 g/mol. The van der Waals surface area contributed by atoms with Crippen LogP contribution in [0, 0.1) is 6.92 Å². The summed E-state index contributed by atoms with van der Waals surface area (Å²) in [4.78, 5) is 0. The van der Waals surface area contributed by atoms with Gasteiger partial charge in [-0.3, -0.25) is 0 Å². The van der Waals surface area contributed by atoms with Crippen molar-refractivity contribution >= 4 is 28.4 Å². The molecule has 30 heavy (non-hydrogen) atoms. The Morgan fingerprint density at radius 3 is 1.70 bits per heavy atom. The average molecular weight is 399 g/mol. The Kier molecular flexibility index (Phi) is 7.66. The first kappa shape index (κ1) is 21.2. The smallest absolute Gasteiger partial charge is 0.0887 e. The second kappa shape index (κ2) is 10.9. The summed E-state index contributed by atoms with van der Waals surface area (Å²) in [7, 11) is 1.65. The van der Waals surface area contributed by atoms with Crippen LogP contribution in [0.1, 0.15) is 30.9 Å². The molecule has 0 N–H and O–H groups in total. The Morgan fingerprint density at radius 2 is 1.17 bits per heavy atom. The van der Waals surface area contributed by atoms with Crippen molar-refractivity contribution in [2.75, 3.05) is 7.05 Å². The predicted molar refractivity (Wildman–Crippen MR) is 121 cm³/mol. The molecule has 3 aromatic carbocycles. The van der Waals surface area contributed by atoms with Gasteiger partial charge in [0, 0.05) is 7.05 Å². The van der Waals surface area contributed by atoms with Gasteiger partial charge in [-0.1, -0.05) is 25.5 Å². The van der Waals surface area contributed by atoms with Crippen LogP contribution in [-0.4, -0.2) is 7.05 Å². The van der Waals surface area contributed by atoms with E-state index in [0.29, 0.717) is 0 Å². The SMILES string of the molecule is CCCCc1ccc(N=Nc2ccc(N=Nc3ccc(N=NC)cc3C)cc2)cc1. The number of rotatable bonds is 8. The van der Waals surface area contributed by atoms with Crippen LogP contribution in [0.15, 0.2) is 97.4 Å². The molecule has 0 aromatic heterocycles. The largest absolute Gasteiger partial charge is 0.192 e. The number of azo groups is 3. The van der Waals surface area contributed by atoms with E-state index in [0.717, 1.165) is 40.4 Å². The fraction of sp³-hybridized carbons (Fsp3) is 0.250. The van der Waals surface area contributed by atoms with Gasteiger partial charge in [-0.15, -0.1) is 0 Å². The van der Waals surface area contributed by atoms with Crippen LogP contribution in [0.25, 0.3) is 0 Å². The van der Waals surface area contributed by atoms with Crippen LogP contribution in [0.4, 0.5) is 28.4 Å². The molecule has 0 unspecified atom stereocenters. The third-order valence-electron chi connectivity index (χ3n) is 4.56. The molecular formula is C24H26N6. The molecule has 0 spiro atoms. The van der Waals surface area contributed by atoms with Crippen molar-refractivity contribution in [2.45, 2.75) is 33.1 Å². The van der Waals surface area contributed by atoms with Crippen LogP contribution in [0.3, 0.4) is 0 Å². The van der Waals surface area contributed by atoms with E-state index in [1.807, 2.05) is 61.5 Å². The molecule has 0 saturated carbocycles. The maximum atomic E-state index is 4.33. The van der Waals surface area contributed by atoms with E-state index in [2.05, 4.69) is 49.7 Å². The highest BCUT2D eigenvalue weighted by Gasteiger charge is 1.99. The van der Waals surface area contributed by atoms with Gasteiger partial charge in [-0.25, -0.2) is 0 Å². The van der Waals surface area contributed by atoms with Crippen molar-refractivity contribution in [3.05, 3.63) is 77.9 Å². The maximum Gasteiger partial charge on any atom is 0.0887 e. The van der Waals surface area contributed by atoms with Gasteiger partial charge in [0.15, 0.2) is 0 Å². The van der Waals surface area contributed by atoms with E-state index >= 15 is 0 Å². The molecule has 0 radical (unpaired) electrons. The fourth-order valence-corrected chi connectivity index (χ4v) is 2.85. The van der Waals surface area contributed by atoms with Gasteiger partial charge in [-0.05, 0) is 85.5 Å². The minimum Gasteiger partial charge on any atom is -0.192 e. The molecule has 3 aromatic rings. The molecule has 0 heterocycles. The van der Waals surface area contributed by atoms with Gasteiger partial charge >= 0.3 is 0 Å². The van der Waals surface area contributed by atoms with E-state index in [9.17, 15) is 0 Å². The Balaban J connectivity index is 1.62. The van der Waals surface area contributed by atoms with Crippen molar-refractivity contribution in [3.63, 3.8) is 0 Å². The van der Waals surface area contributed by atoms with E-state index in [4.69, 9.17) is 0 Å². The molecule has 0 saturated heterocycles. The van der Waals surface area contributed by atoms with Crippen LogP contribution in [-0.2, 0) is 6.42 Å². The summed E-state index contributed by atoms with van der Waals surface area (Å²) in [6, 6.07) is 21.4. The molecule has 0 aliphatic heterocycles. The molecule has 6 heteroatoms. The Bertz CT molecular complexity index is 1030. The molecule has 0 aliphatic rings. The van der Waals surface area contributed by atoms with Gasteiger partial charge in [-0.2, -0.15) is 30.7 Å². The molecule has 0 amide bonds. The lowest BCUT2D eigenvalue weighted by atomic mass is 10.1. The van der Waals surface area contributed by atoms with Crippen molar-refractivity contribution in [2.24, 2.45) is 30.7 Å². The lowest BCUT2D eigenvalue weighted by Gasteiger charge is -2.00. The number of benzene rings is 3. The lowest BCUT2D eigenvalue weighted by Crippen LogP contribution is -1.82. The normalized spacial score (nSPS) is 11.8. The van der Waals surface area contributed by atoms with Crippen molar-refractivity contribution in [1.82, 2.24) is 0 Å².